The maximum absolute atomic E-state index is 12.1. The predicted molar refractivity (Wildman–Crippen MR) is 103 cm³/mol. The monoisotopic (exact) mass is 377 g/mol. The molecule has 0 aliphatic heterocycles. The van der Waals surface area contributed by atoms with Gasteiger partial charge in [-0.2, -0.15) is 11.3 Å². The molecule has 0 radical (unpaired) electrons. The van der Waals surface area contributed by atoms with Crippen LogP contribution in [0.15, 0.2) is 75.8 Å². The molecule has 0 saturated carbocycles. The number of rotatable bonds is 6. The van der Waals surface area contributed by atoms with E-state index in [0.29, 0.717) is 28.8 Å². The van der Waals surface area contributed by atoms with Gasteiger partial charge in [0, 0.05) is 22.7 Å². The number of ether oxygens (including phenoxy) is 1. The second-order valence-corrected chi connectivity index (χ2v) is 6.43. The molecule has 0 atom stereocenters. The molecule has 0 aliphatic carbocycles. The molecule has 0 unspecified atom stereocenters. The van der Waals surface area contributed by atoms with Crippen LogP contribution in [0.3, 0.4) is 0 Å². The highest BCUT2D eigenvalue weighted by atomic mass is 32.1. The molecule has 0 saturated heterocycles. The fourth-order valence-corrected chi connectivity index (χ4v) is 3.05. The summed E-state index contributed by atoms with van der Waals surface area (Å²) in [4.78, 5) is 12.1. The molecule has 2 aromatic heterocycles. The van der Waals surface area contributed by atoms with E-state index in [-0.39, 0.29) is 12.5 Å². The predicted octanol–water partition coefficient (Wildman–Crippen LogP) is 4.63. The van der Waals surface area contributed by atoms with Gasteiger partial charge in [0.1, 0.15) is 5.75 Å². The highest BCUT2D eigenvalue weighted by Crippen LogP contribution is 2.21. The molecule has 4 rings (SSSR count). The summed E-state index contributed by atoms with van der Waals surface area (Å²) in [7, 11) is 0. The van der Waals surface area contributed by atoms with E-state index in [1.54, 1.807) is 29.6 Å². The van der Waals surface area contributed by atoms with E-state index >= 15 is 0 Å². The van der Waals surface area contributed by atoms with Gasteiger partial charge in [0.15, 0.2) is 6.61 Å². The summed E-state index contributed by atoms with van der Waals surface area (Å²) in [5.41, 5.74) is 2.14. The van der Waals surface area contributed by atoms with E-state index in [4.69, 9.17) is 9.15 Å². The van der Waals surface area contributed by atoms with E-state index in [9.17, 15) is 4.79 Å². The molecule has 0 bridgehead atoms. The molecular formula is C20H15N3O3S. The van der Waals surface area contributed by atoms with E-state index in [1.165, 1.54) is 11.3 Å². The van der Waals surface area contributed by atoms with Crippen molar-refractivity contribution in [2.45, 2.75) is 6.61 Å². The number of anilines is 1. The first-order valence-electron chi connectivity index (χ1n) is 8.22. The normalized spacial score (nSPS) is 10.5. The Morgan fingerprint density at radius 3 is 2.78 bits per heavy atom. The van der Waals surface area contributed by atoms with Crippen molar-refractivity contribution in [1.82, 2.24) is 10.2 Å². The molecule has 0 fully saturated rings. The molecule has 0 aliphatic rings. The van der Waals surface area contributed by atoms with E-state index in [1.807, 2.05) is 41.8 Å². The van der Waals surface area contributed by atoms with Crippen LogP contribution in [-0.4, -0.2) is 16.1 Å². The quantitative estimate of drug-likeness (QED) is 0.530. The van der Waals surface area contributed by atoms with Crippen LogP contribution < -0.4 is 10.1 Å². The van der Waals surface area contributed by atoms with Gasteiger partial charge in [-0.3, -0.25) is 4.79 Å². The minimum Gasteiger partial charge on any atom is -0.484 e. The summed E-state index contributed by atoms with van der Waals surface area (Å²) in [5.74, 6) is 1.27. The third kappa shape index (κ3) is 4.21. The molecule has 6 nitrogen and oxygen atoms in total. The van der Waals surface area contributed by atoms with Crippen LogP contribution in [0.5, 0.6) is 5.75 Å². The highest BCUT2D eigenvalue weighted by Gasteiger charge is 2.10. The van der Waals surface area contributed by atoms with Crippen LogP contribution in [0.2, 0.25) is 0 Å². The van der Waals surface area contributed by atoms with Crippen molar-refractivity contribution in [3.8, 4) is 17.2 Å². The van der Waals surface area contributed by atoms with Crippen LogP contribution in [0.4, 0.5) is 5.69 Å². The number of aromatic nitrogens is 2. The number of benzene rings is 2. The average molecular weight is 377 g/mol. The lowest BCUT2D eigenvalue weighted by molar-refractivity contribution is 0.102. The molecule has 4 aromatic rings. The zero-order valence-corrected chi connectivity index (χ0v) is 15.0. The number of nitrogens with one attached hydrogen (secondary N) is 1. The number of carbonyl (C=O) groups is 1. The van der Waals surface area contributed by atoms with Crippen molar-refractivity contribution in [2.75, 3.05) is 5.32 Å². The Hall–Kier alpha value is -3.45. The van der Waals surface area contributed by atoms with Gasteiger partial charge in [-0.15, -0.1) is 10.2 Å². The highest BCUT2D eigenvalue weighted by molar-refractivity contribution is 7.08. The molecule has 2 heterocycles. The average Bonchev–Trinajstić information content (AvgIpc) is 3.40. The second-order valence-electron chi connectivity index (χ2n) is 5.65. The topological polar surface area (TPSA) is 77.2 Å². The van der Waals surface area contributed by atoms with Crippen molar-refractivity contribution >= 4 is 22.9 Å². The van der Waals surface area contributed by atoms with Crippen molar-refractivity contribution in [3.63, 3.8) is 0 Å². The summed E-state index contributed by atoms with van der Waals surface area (Å²) in [6, 6.07) is 18.5. The lowest BCUT2D eigenvalue weighted by Crippen LogP contribution is -2.10. The van der Waals surface area contributed by atoms with E-state index < -0.39 is 0 Å². The minimum absolute atomic E-state index is 0.141. The number of hydrogen-bond donors (Lipinski definition) is 1. The van der Waals surface area contributed by atoms with E-state index in [0.717, 1.165) is 5.56 Å². The Morgan fingerprint density at radius 2 is 1.96 bits per heavy atom. The summed E-state index contributed by atoms with van der Waals surface area (Å²) >= 11 is 1.48. The van der Waals surface area contributed by atoms with Crippen LogP contribution >= 0.6 is 11.3 Å². The fraction of sp³-hybridized carbons (Fsp3) is 0.0500. The first-order valence-corrected chi connectivity index (χ1v) is 9.16. The van der Waals surface area contributed by atoms with Gasteiger partial charge in [0.2, 0.25) is 5.89 Å². The molecule has 1 N–H and O–H groups in total. The smallest absolute Gasteiger partial charge is 0.256 e. The van der Waals surface area contributed by atoms with Crippen molar-refractivity contribution in [3.05, 3.63) is 82.9 Å². The lowest BCUT2D eigenvalue weighted by atomic mass is 10.2. The Bertz CT molecular complexity index is 1030. The molecule has 0 spiro atoms. The number of carbonyl (C=O) groups excluding carboxylic acids is 1. The summed E-state index contributed by atoms with van der Waals surface area (Å²) in [6.45, 7) is 0.141. The maximum atomic E-state index is 12.1. The molecule has 1 amide bonds. The second kappa shape index (κ2) is 7.84. The van der Waals surface area contributed by atoms with Gasteiger partial charge >= 0.3 is 0 Å². The Morgan fingerprint density at radius 1 is 1.07 bits per heavy atom. The molecule has 7 heteroatoms. The zero-order valence-electron chi connectivity index (χ0n) is 14.2. The van der Waals surface area contributed by atoms with Gasteiger partial charge in [0.05, 0.1) is 5.56 Å². The van der Waals surface area contributed by atoms with Gasteiger partial charge in [-0.1, -0.05) is 24.3 Å². The summed E-state index contributed by atoms with van der Waals surface area (Å²) < 4.78 is 11.3. The van der Waals surface area contributed by atoms with Gasteiger partial charge in [-0.05, 0) is 35.7 Å². The minimum atomic E-state index is -0.155. The summed E-state index contributed by atoms with van der Waals surface area (Å²) in [5, 5.41) is 14.5. The van der Waals surface area contributed by atoms with E-state index in [2.05, 4.69) is 15.5 Å². The third-order valence-corrected chi connectivity index (χ3v) is 4.41. The molecule has 134 valence electrons. The van der Waals surface area contributed by atoms with Gasteiger partial charge in [-0.25, -0.2) is 0 Å². The Balaban J connectivity index is 1.39. The third-order valence-electron chi connectivity index (χ3n) is 3.73. The first-order chi connectivity index (χ1) is 13.3. The number of amides is 1. The molecule has 27 heavy (non-hydrogen) atoms. The van der Waals surface area contributed by atoms with Crippen molar-refractivity contribution in [2.24, 2.45) is 0 Å². The maximum Gasteiger partial charge on any atom is 0.256 e. The number of hydrogen-bond acceptors (Lipinski definition) is 6. The Labute approximate surface area is 159 Å². The van der Waals surface area contributed by atoms with Gasteiger partial charge < -0.3 is 14.5 Å². The van der Waals surface area contributed by atoms with Crippen LogP contribution in [0, 0.1) is 0 Å². The zero-order chi connectivity index (χ0) is 18.5. The number of nitrogens with zero attached hydrogens (tertiary/aromatic N) is 2. The Kier molecular flexibility index (Phi) is 4.93. The van der Waals surface area contributed by atoms with Gasteiger partial charge in [0.25, 0.3) is 11.8 Å². The van der Waals surface area contributed by atoms with Crippen molar-refractivity contribution in [1.29, 1.82) is 0 Å². The lowest BCUT2D eigenvalue weighted by Gasteiger charge is -2.07. The SMILES string of the molecule is O=C(Nc1cccc(OCc2nnc(-c3ccccc3)o2)c1)c1ccsc1. The molecular weight excluding hydrogens is 362 g/mol. The standard InChI is InChI=1S/C20H15N3O3S/c24-19(15-9-10-27-13-15)21-16-7-4-8-17(11-16)25-12-18-22-23-20(26-18)14-5-2-1-3-6-14/h1-11,13H,12H2,(H,21,24). The van der Waals surface area contributed by atoms with Crippen molar-refractivity contribution < 1.29 is 13.9 Å². The molecule has 2 aromatic carbocycles. The largest absolute Gasteiger partial charge is 0.484 e. The summed E-state index contributed by atoms with van der Waals surface area (Å²) in [6.07, 6.45) is 0. The first kappa shape index (κ1) is 17.0. The van der Waals surface area contributed by atoms with Crippen LogP contribution in [0.1, 0.15) is 16.2 Å². The number of thiophene rings is 1. The van der Waals surface area contributed by atoms with Crippen LogP contribution in [0.25, 0.3) is 11.5 Å². The van der Waals surface area contributed by atoms with Crippen LogP contribution in [-0.2, 0) is 6.61 Å². The fourth-order valence-electron chi connectivity index (χ4n) is 2.41.